The number of hydrogen-bond acceptors (Lipinski definition) is 3. The van der Waals surface area contributed by atoms with Crippen LogP contribution in [-0.4, -0.2) is 21.4 Å². The number of hydrogen-bond donors (Lipinski definition) is 2. The van der Waals surface area contributed by atoms with E-state index in [1.54, 1.807) is 0 Å². The molecule has 1 aliphatic rings. The van der Waals surface area contributed by atoms with E-state index >= 15 is 0 Å². The maximum Gasteiger partial charge on any atom is 0.105 e. The number of aryl methyl sites for hydroxylation is 1. The lowest BCUT2D eigenvalue weighted by molar-refractivity contribution is -0.0325. The van der Waals surface area contributed by atoms with Crippen molar-refractivity contribution < 1.29 is 5.11 Å². The highest BCUT2D eigenvalue weighted by molar-refractivity contribution is 5.10. The van der Waals surface area contributed by atoms with Crippen LogP contribution in [0, 0.1) is 5.41 Å². The van der Waals surface area contributed by atoms with Crippen LogP contribution in [0.15, 0.2) is 12.3 Å². The van der Waals surface area contributed by atoms with Gasteiger partial charge in [-0.1, -0.05) is 6.42 Å². The summed E-state index contributed by atoms with van der Waals surface area (Å²) in [7, 11) is 0. The molecular formula is C11H19N3O. The summed E-state index contributed by atoms with van der Waals surface area (Å²) in [6.07, 6.45) is 4.61. The van der Waals surface area contributed by atoms with Crippen molar-refractivity contribution in [1.29, 1.82) is 0 Å². The summed E-state index contributed by atoms with van der Waals surface area (Å²) in [5.41, 5.74) is 6.41. The summed E-state index contributed by atoms with van der Waals surface area (Å²) < 4.78 is 1.83. The van der Waals surface area contributed by atoms with Gasteiger partial charge in [0.25, 0.3) is 0 Å². The molecule has 0 saturated heterocycles. The zero-order chi connectivity index (χ0) is 10.9. The van der Waals surface area contributed by atoms with Crippen molar-refractivity contribution in [3.8, 4) is 0 Å². The van der Waals surface area contributed by atoms with E-state index in [0.717, 1.165) is 25.1 Å². The molecular weight excluding hydrogens is 190 g/mol. The van der Waals surface area contributed by atoms with Gasteiger partial charge >= 0.3 is 0 Å². The van der Waals surface area contributed by atoms with Gasteiger partial charge in [0.1, 0.15) is 6.10 Å². The van der Waals surface area contributed by atoms with Crippen LogP contribution >= 0.6 is 0 Å². The Hall–Kier alpha value is -0.870. The molecule has 2 rings (SSSR count). The lowest BCUT2D eigenvalue weighted by Gasteiger charge is -2.44. The van der Waals surface area contributed by atoms with Crippen molar-refractivity contribution >= 4 is 0 Å². The summed E-state index contributed by atoms with van der Waals surface area (Å²) in [6, 6.07) is 1.89. The topological polar surface area (TPSA) is 64.1 Å². The third kappa shape index (κ3) is 1.68. The molecule has 0 aromatic carbocycles. The van der Waals surface area contributed by atoms with E-state index < -0.39 is 6.10 Å². The van der Waals surface area contributed by atoms with Crippen LogP contribution in [0.25, 0.3) is 0 Å². The van der Waals surface area contributed by atoms with Gasteiger partial charge in [-0.05, 0) is 25.8 Å². The van der Waals surface area contributed by atoms with Gasteiger partial charge in [0.2, 0.25) is 0 Å². The molecule has 0 amide bonds. The normalized spacial score (nSPS) is 21.0. The van der Waals surface area contributed by atoms with Crippen molar-refractivity contribution in [2.24, 2.45) is 11.1 Å². The molecule has 0 radical (unpaired) electrons. The first-order valence-electron chi connectivity index (χ1n) is 5.63. The molecule has 1 atom stereocenters. The fourth-order valence-electron chi connectivity index (χ4n) is 2.23. The highest BCUT2D eigenvalue weighted by Crippen LogP contribution is 2.48. The van der Waals surface area contributed by atoms with E-state index in [4.69, 9.17) is 5.73 Å². The van der Waals surface area contributed by atoms with Crippen molar-refractivity contribution in [2.45, 2.75) is 38.8 Å². The molecule has 4 nitrogen and oxygen atoms in total. The molecule has 0 unspecified atom stereocenters. The monoisotopic (exact) mass is 209 g/mol. The van der Waals surface area contributed by atoms with Crippen LogP contribution < -0.4 is 5.73 Å². The van der Waals surface area contributed by atoms with E-state index in [2.05, 4.69) is 5.10 Å². The van der Waals surface area contributed by atoms with Crippen LogP contribution in [0.1, 0.15) is 38.0 Å². The number of aliphatic hydroxyl groups excluding tert-OH is 1. The van der Waals surface area contributed by atoms with Crippen LogP contribution in [0.5, 0.6) is 0 Å². The summed E-state index contributed by atoms with van der Waals surface area (Å²) in [4.78, 5) is 0. The number of nitrogens with two attached hydrogens (primary N) is 1. The van der Waals surface area contributed by atoms with Gasteiger partial charge in [0.05, 0.1) is 5.69 Å². The Labute approximate surface area is 90.1 Å². The Morgan fingerprint density at radius 1 is 1.67 bits per heavy atom. The molecule has 4 heteroatoms. The molecule has 1 aromatic rings. The summed E-state index contributed by atoms with van der Waals surface area (Å²) in [5, 5.41) is 14.6. The Morgan fingerprint density at radius 3 is 2.80 bits per heavy atom. The van der Waals surface area contributed by atoms with Crippen LogP contribution in [-0.2, 0) is 6.54 Å². The zero-order valence-electron chi connectivity index (χ0n) is 9.19. The Bertz CT molecular complexity index is 325. The number of aromatic nitrogens is 2. The second kappa shape index (κ2) is 3.94. The fourth-order valence-corrected chi connectivity index (χ4v) is 2.23. The van der Waals surface area contributed by atoms with Crippen LogP contribution in [0.4, 0.5) is 0 Å². The van der Waals surface area contributed by atoms with Crippen molar-refractivity contribution in [3.05, 3.63) is 18.0 Å². The van der Waals surface area contributed by atoms with Gasteiger partial charge in [-0.15, -0.1) is 0 Å². The van der Waals surface area contributed by atoms with Gasteiger partial charge in [-0.3, -0.25) is 4.68 Å². The van der Waals surface area contributed by atoms with Crippen molar-refractivity contribution in [3.63, 3.8) is 0 Å². The minimum atomic E-state index is -0.496. The molecule has 84 valence electrons. The Balaban J connectivity index is 2.15. The summed E-state index contributed by atoms with van der Waals surface area (Å²) >= 11 is 0. The highest BCUT2D eigenvalue weighted by atomic mass is 16.3. The first-order valence-corrected chi connectivity index (χ1v) is 5.63. The summed E-state index contributed by atoms with van der Waals surface area (Å²) in [6.45, 7) is 3.42. The number of rotatable bonds is 4. The average Bonchev–Trinajstić information content (AvgIpc) is 2.64. The molecule has 1 heterocycles. The second-order valence-electron chi connectivity index (χ2n) is 4.42. The molecule has 0 spiro atoms. The number of aliphatic hydroxyl groups is 1. The standard InChI is InChI=1S/C11H19N3O/c1-2-14-7-4-9(13-14)10(15)11(8-12)5-3-6-11/h4,7,10,15H,2-3,5-6,8,12H2,1H3/t10-/m1/s1. The van der Waals surface area contributed by atoms with Gasteiger partial charge in [0.15, 0.2) is 0 Å². The first-order chi connectivity index (χ1) is 7.22. The number of nitrogens with zero attached hydrogens (tertiary/aromatic N) is 2. The quantitative estimate of drug-likeness (QED) is 0.779. The molecule has 0 bridgehead atoms. The smallest absolute Gasteiger partial charge is 0.105 e. The largest absolute Gasteiger partial charge is 0.386 e. The molecule has 1 saturated carbocycles. The molecule has 1 aromatic heterocycles. The van der Waals surface area contributed by atoms with E-state index in [1.165, 1.54) is 6.42 Å². The van der Waals surface area contributed by atoms with E-state index in [1.807, 2.05) is 23.9 Å². The molecule has 3 N–H and O–H groups in total. The van der Waals surface area contributed by atoms with Gasteiger partial charge in [-0.2, -0.15) is 5.10 Å². The second-order valence-corrected chi connectivity index (χ2v) is 4.42. The maximum absolute atomic E-state index is 10.2. The molecule has 15 heavy (non-hydrogen) atoms. The van der Waals surface area contributed by atoms with Crippen LogP contribution in [0.3, 0.4) is 0 Å². The van der Waals surface area contributed by atoms with Gasteiger partial charge < -0.3 is 10.8 Å². The predicted molar refractivity (Wildman–Crippen MR) is 58.2 cm³/mol. The van der Waals surface area contributed by atoms with Crippen molar-refractivity contribution in [2.75, 3.05) is 6.54 Å². The lowest BCUT2D eigenvalue weighted by atomic mass is 9.64. The Kier molecular flexibility index (Phi) is 2.80. The minimum absolute atomic E-state index is 0.104. The fraction of sp³-hybridized carbons (Fsp3) is 0.727. The van der Waals surface area contributed by atoms with Gasteiger partial charge in [-0.25, -0.2) is 0 Å². The van der Waals surface area contributed by atoms with Crippen molar-refractivity contribution in [1.82, 2.24) is 9.78 Å². The molecule has 1 fully saturated rings. The van der Waals surface area contributed by atoms with Crippen LogP contribution in [0.2, 0.25) is 0 Å². The predicted octanol–water partition coefficient (Wildman–Crippen LogP) is 1.07. The van der Waals surface area contributed by atoms with E-state index in [0.29, 0.717) is 6.54 Å². The minimum Gasteiger partial charge on any atom is -0.386 e. The third-order valence-corrected chi connectivity index (χ3v) is 3.60. The zero-order valence-corrected chi connectivity index (χ0v) is 9.19. The maximum atomic E-state index is 10.2. The lowest BCUT2D eigenvalue weighted by Crippen LogP contribution is -2.42. The molecule has 1 aliphatic carbocycles. The average molecular weight is 209 g/mol. The summed E-state index contributed by atoms with van der Waals surface area (Å²) in [5.74, 6) is 0. The van der Waals surface area contributed by atoms with E-state index in [9.17, 15) is 5.11 Å². The first kappa shape index (κ1) is 10.6. The SMILES string of the molecule is CCn1ccc([C@@H](O)C2(CN)CCC2)n1. The van der Waals surface area contributed by atoms with E-state index in [-0.39, 0.29) is 5.41 Å². The third-order valence-electron chi connectivity index (χ3n) is 3.60. The molecule has 0 aliphatic heterocycles. The van der Waals surface area contributed by atoms with Gasteiger partial charge in [0, 0.05) is 24.7 Å². The highest BCUT2D eigenvalue weighted by Gasteiger charge is 2.43. The Morgan fingerprint density at radius 2 is 2.40 bits per heavy atom.